The fourth-order valence-electron chi connectivity index (χ4n) is 1.15. The number of allylic oxidation sites excluding steroid dienone is 2. The first-order chi connectivity index (χ1) is 5.50. The van der Waals surface area contributed by atoms with Crippen molar-refractivity contribution in [3.63, 3.8) is 0 Å². The Morgan fingerprint density at radius 2 is 1.75 bits per heavy atom. The molecule has 0 bridgehead atoms. The summed E-state index contributed by atoms with van der Waals surface area (Å²) in [6.07, 6.45) is 3.32. The molecule has 0 aliphatic heterocycles. The van der Waals surface area contributed by atoms with E-state index in [1.54, 1.807) is 6.08 Å². The molecule has 0 unspecified atom stereocenters. The lowest BCUT2D eigenvalue weighted by atomic mass is 9.90. The molecule has 70 valence electrons. The lowest BCUT2D eigenvalue weighted by Gasteiger charge is -2.21. The summed E-state index contributed by atoms with van der Waals surface area (Å²) in [5.74, 6) is 0.666. The van der Waals surface area contributed by atoms with Gasteiger partial charge in [-0.3, -0.25) is 0 Å². The minimum atomic E-state index is -0.331. The van der Waals surface area contributed by atoms with Crippen molar-refractivity contribution in [3.8, 4) is 0 Å². The van der Waals surface area contributed by atoms with Gasteiger partial charge >= 0.3 is 0 Å². The lowest BCUT2D eigenvalue weighted by molar-refractivity contribution is 0.151. The molecule has 0 aromatic heterocycles. The quantitative estimate of drug-likeness (QED) is 0.640. The van der Waals surface area contributed by atoms with Gasteiger partial charge in [-0.2, -0.15) is 0 Å². The van der Waals surface area contributed by atoms with Crippen LogP contribution in [0.25, 0.3) is 0 Å². The number of aliphatic hydroxyl groups is 1. The maximum atomic E-state index is 9.77. The van der Waals surface area contributed by atoms with E-state index in [-0.39, 0.29) is 12.0 Å². The van der Waals surface area contributed by atoms with E-state index in [2.05, 4.69) is 20.4 Å². The highest BCUT2D eigenvalue weighted by Gasteiger charge is 2.16. The third-order valence-corrected chi connectivity index (χ3v) is 1.95. The Kier molecular flexibility index (Phi) is 4.91. The van der Waals surface area contributed by atoms with E-state index in [4.69, 9.17) is 0 Å². The molecule has 1 heteroatoms. The summed E-state index contributed by atoms with van der Waals surface area (Å²) in [4.78, 5) is 0. The minimum Gasteiger partial charge on any atom is -0.388 e. The second kappa shape index (κ2) is 5.15. The average Bonchev–Trinajstić information content (AvgIpc) is 1.98. The molecule has 0 aliphatic rings. The molecule has 12 heavy (non-hydrogen) atoms. The van der Waals surface area contributed by atoms with Gasteiger partial charge in [0.05, 0.1) is 6.10 Å². The summed E-state index contributed by atoms with van der Waals surface area (Å²) in [6, 6.07) is 0. The van der Waals surface area contributed by atoms with Crippen molar-refractivity contribution in [1.82, 2.24) is 0 Å². The van der Waals surface area contributed by atoms with Crippen LogP contribution in [0.5, 0.6) is 0 Å². The number of hydrogen-bond acceptors (Lipinski definition) is 1. The van der Waals surface area contributed by atoms with Crippen molar-refractivity contribution >= 4 is 0 Å². The van der Waals surface area contributed by atoms with E-state index in [1.807, 2.05) is 19.9 Å². The molecule has 0 saturated heterocycles. The van der Waals surface area contributed by atoms with E-state index in [1.165, 1.54) is 0 Å². The summed E-state index contributed by atoms with van der Waals surface area (Å²) in [7, 11) is 0. The van der Waals surface area contributed by atoms with Crippen LogP contribution in [0.4, 0.5) is 0 Å². The number of rotatable bonds is 4. The zero-order valence-electron chi connectivity index (χ0n) is 8.54. The Labute approximate surface area is 75.8 Å². The predicted octanol–water partition coefficient (Wildman–Crippen LogP) is 2.77. The zero-order chi connectivity index (χ0) is 9.72. The SMILES string of the molecule is C=C/C=C(\C(C)C)[C@@H](O)C(C)C. The van der Waals surface area contributed by atoms with Gasteiger partial charge in [-0.05, 0) is 17.4 Å². The maximum absolute atomic E-state index is 9.77. The Bertz CT molecular complexity index is 166. The first kappa shape index (κ1) is 11.4. The van der Waals surface area contributed by atoms with E-state index in [0.29, 0.717) is 5.92 Å². The van der Waals surface area contributed by atoms with Crippen molar-refractivity contribution in [2.45, 2.75) is 33.8 Å². The molecule has 0 aromatic carbocycles. The minimum absolute atomic E-state index is 0.276. The molecule has 0 spiro atoms. The van der Waals surface area contributed by atoms with Crippen molar-refractivity contribution < 1.29 is 5.11 Å². The number of hydrogen-bond donors (Lipinski definition) is 1. The van der Waals surface area contributed by atoms with Crippen LogP contribution in [0.2, 0.25) is 0 Å². The monoisotopic (exact) mass is 168 g/mol. The van der Waals surface area contributed by atoms with Crippen molar-refractivity contribution in [3.05, 3.63) is 24.3 Å². The molecule has 1 N–H and O–H groups in total. The molecular weight excluding hydrogens is 148 g/mol. The standard InChI is InChI=1S/C11H20O/c1-6-7-10(8(2)3)11(12)9(4)5/h6-9,11-12H,1H2,2-5H3/b10-7+/t11-/m0/s1. The first-order valence-corrected chi connectivity index (χ1v) is 4.51. The molecule has 1 atom stereocenters. The molecule has 0 aliphatic carbocycles. The summed E-state index contributed by atoms with van der Waals surface area (Å²) in [5.41, 5.74) is 1.07. The first-order valence-electron chi connectivity index (χ1n) is 4.51. The molecule has 0 aromatic rings. The Morgan fingerprint density at radius 3 is 2.00 bits per heavy atom. The summed E-state index contributed by atoms with van der Waals surface area (Å²) < 4.78 is 0. The highest BCUT2D eigenvalue weighted by Crippen LogP contribution is 2.19. The van der Waals surface area contributed by atoms with Crippen molar-refractivity contribution in [2.75, 3.05) is 0 Å². The van der Waals surface area contributed by atoms with Gasteiger partial charge in [0, 0.05) is 0 Å². The van der Waals surface area contributed by atoms with E-state index in [0.717, 1.165) is 5.57 Å². The predicted molar refractivity (Wildman–Crippen MR) is 54.0 cm³/mol. The van der Waals surface area contributed by atoms with Crippen LogP contribution in [-0.2, 0) is 0 Å². The van der Waals surface area contributed by atoms with Gasteiger partial charge in [0.1, 0.15) is 0 Å². The van der Waals surface area contributed by atoms with Crippen LogP contribution >= 0.6 is 0 Å². The van der Waals surface area contributed by atoms with Gasteiger partial charge in [-0.15, -0.1) is 0 Å². The molecule has 1 nitrogen and oxygen atoms in total. The molecule has 0 saturated carbocycles. The van der Waals surface area contributed by atoms with Gasteiger partial charge in [0.2, 0.25) is 0 Å². The third-order valence-electron chi connectivity index (χ3n) is 1.95. The van der Waals surface area contributed by atoms with Crippen LogP contribution in [0.1, 0.15) is 27.7 Å². The molecule has 0 amide bonds. The molecule has 0 heterocycles. The topological polar surface area (TPSA) is 20.2 Å². The Morgan fingerprint density at radius 1 is 1.25 bits per heavy atom. The summed E-state index contributed by atoms with van der Waals surface area (Å²) in [5, 5.41) is 9.77. The van der Waals surface area contributed by atoms with Gasteiger partial charge in [0.15, 0.2) is 0 Å². The molecular formula is C11H20O. The van der Waals surface area contributed by atoms with Crippen molar-refractivity contribution in [1.29, 1.82) is 0 Å². The number of aliphatic hydroxyl groups excluding tert-OH is 1. The maximum Gasteiger partial charge on any atom is 0.0778 e. The van der Waals surface area contributed by atoms with Crippen LogP contribution in [0.15, 0.2) is 24.3 Å². The Balaban J connectivity index is 4.51. The van der Waals surface area contributed by atoms with Crippen LogP contribution in [0.3, 0.4) is 0 Å². The second-order valence-corrected chi connectivity index (χ2v) is 3.75. The summed E-state index contributed by atoms with van der Waals surface area (Å²) >= 11 is 0. The van der Waals surface area contributed by atoms with Gasteiger partial charge in [-0.25, -0.2) is 0 Å². The fourth-order valence-corrected chi connectivity index (χ4v) is 1.15. The highest BCUT2D eigenvalue weighted by atomic mass is 16.3. The smallest absolute Gasteiger partial charge is 0.0778 e. The summed E-state index contributed by atoms with van der Waals surface area (Å²) in [6.45, 7) is 11.8. The molecule has 0 rings (SSSR count). The van der Waals surface area contributed by atoms with E-state index in [9.17, 15) is 5.11 Å². The third kappa shape index (κ3) is 3.22. The van der Waals surface area contributed by atoms with Gasteiger partial charge in [0.25, 0.3) is 0 Å². The lowest BCUT2D eigenvalue weighted by Crippen LogP contribution is -2.20. The second-order valence-electron chi connectivity index (χ2n) is 3.75. The average molecular weight is 168 g/mol. The van der Waals surface area contributed by atoms with E-state index >= 15 is 0 Å². The molecule has 0 radical (unpaired) electrons. The fraction of sp³-hybridized carbons (Fsp3) is 0.636. The van der Waals surface area contributed by atoms with Crippen LogP contribution < -0.4 is 0 Å². The zero-order valence-corrected chi connectivity index (χ0v) is 8.54. The normalized spacial score (nSPS) is 15.4. The van der Waals surface area contributed by atoms with Crippen LogP contribution in [0, 0.1) is 11.8 Å². The van der Waals surface area contributed by atoms with Gasteiger partial charge in [-0.1, -0.05) is 46.4 Å². The molecule has 0 fully saturated rings. The highest BCUT2D eigenvalue weighted by molar-refractivity contribution is 5.17. The Hall–Kier alpha value is -0.560. The van der Waals surface area contributed by atoms with Gasteiger partial charge < -0.3 is 5.11 Å². The van der Waals surface area contributed by atoms with Crippen molar-refractivity contribution in [2.24, 2.45) is 11.8 Å². The van der Waals surface area contributed by atoms with E-state index < -0.39 is 0 Å². The largest absolute Gasteiger partial charge is 0.388 e. The van der Waals surface area contributed by atoms with Crippen LogP contribution in [-0.4, -0.2) is 11.2 Å².